The van der Waals surface area contributed by atoms with E-state index < -0.39 is 0 Å². The Balaban J connectivity index is 3.08. The van der Waals surface area contributed by atoms with Crippen LogP contribution >= 0.6 is 0 Å². The van der Waals surface area contributed by atoms with Gasteiger partial charge < -0.3 is 10.2 Å². The van der Waals surface area contributed by atoms with Crippen molar-refractivity contribution >= 4 is 0 Å². The number of nitrogens with zero attached hydrogens (tertiary/aromatic N) is 1. The van der Waals surface area contributed by atoms with Gasteiger partial charge in [-0.15, -0.1) is 6.58 Å². The molecule has 0 rings (SSSR count). The molecule has 0 fully saturated rings. The second-order valence-electron chi connectivity index (χ2n) is 4.46. The van der Waals surface area contributed by atoms with Gasteiger partial charge in [-0.05, 0) is 66.2 Å². The van der Waals surface area contributed by atoms with E-state index in [-0.39, 0.29) is 0 Å². The monoisotopic (exact) mass is 212 g/mol. The van der Waals surface area contributed by atoms with E-state index in [0.29, 0.717) is 6.04 Å². The number of rotatable bonds is 10. The number of unbranched alkanes of at least 4 members (excludes halogenated alkanes) is 2. The Morgan fingerprint density at radius 1 is 1.20 bits per heavy atom. The summed E-state index contributed by atoms with van der Waals surface area (Å²) in [5.41, 5.74) is 0. The molecule has 1 N–H and O–H groups in total. The lowest BCUT2D eigenvalue weighted by atomic mass is 10.2. The van der Waals surface area contributed by atoms with E-state index >= 15 is 0 Å². The zero-order chi connectivity index (χ0) is 11.5. The Hall–Kier alpha value is -0.340. The van der Waals surface area contributed by atoms with Gasteiger partial charge in [0, 0.05) is 6.04 Å². The molecule has 0 heterocycles. The quantitative estimate of drug-likeness (QED) is 0.442. The highest BCUT2D eigenvalue weighted by Gasteiger charge is 2.01. The molecule has 0 unspecified atom stereocenters. The first-order valence-corrected chi connectivity index (χ1v) is 6.20. The zero-order valence-corrected chi connectivity index (χ0v) is 10.8. The third-order valence-corrected chi connectivity index (χ3v) is 2.76. The molecule has 0 bridgehead atoms. The van der Waals surface area contributed by atoms with Crippen LogP contribution in [0.5, 0.6) is 0 Å². The van der Waals surface area contributed by atoms with Crippen molar-refractivity contribution in [2.75, 3.05) is 26.7 Å². The first kappa shape index (κ1) is 14.7. The first-order valence-electron chi connectivity index (χ1n) is 6.20. The van der Waals surface area contributed by atoms with E-state index in [0.717, 1.165) is 19.5 Å². The van der Waals surface area contributed by atoms with Gasteiger partial charge in [0.15, 0.2) is 0 Å². The van der Waals surface area contributed by atoms with Crippen molar-refractivity contribution in [1.82, 2.24) is 10.2 Å². The maximum absolute atomic E-state index is 3.71. The van der Waals surface area contributed by atoms with E-state index in [2.05, 4.69) is 37.7 Å². The van der Waals surface area contributed by atoms with Gasteiger partial charge in [-0.2, -0.15) is 0 Å². The molecule has 0 aromatic carbocycles. The number of hydrogen-bond donors (Lipinski definition) is 1. The minimum absolute atomic E-state index is 0.672. The van der Waals surface area contributed by atoms with Crippen LogP contribution in [0, 0.1) is 0 Å². The maximum Gasteiger partial charge on any atom is 0.00355 e. The number of hydrogen-bond acceptors (Lipinski definition) is 2. The lowest BCUT2D eigenvalue weighted by Crippen LogP contribution is -2.28. The maximum atomic E-state index is 3.71. The molecule has 0 saturated carbocycles. The smallest absolute Gasteiger partial charge is 0.00355 e. The normalized spacial score (nSPS) is 11.3. The molecule has 0 aliphatic rings. The van der Waals surface area contributed by atoms with Crippen LogP contribution in [0.4, 0.5) is 0 Å². The summed E-state index contributed by atoms with van der Waals surface area (Å²) in [7, 11) is 2.20. The summed E-state index contributed by atoms with van der Waals surface area (Å²) in [6.07, 6.45) is 6.91. The fourth-order valence-corrected chi connectivity index (χ4v) is 1.37. The summed E-state index contributed by atoms with van der Waals surface area (Å²) >= 11 is 0. The lowest BCUT2D eigenvalue weighted by molar-refractivity contribution is 0.268. The van der Waals surface area contributed by atoms with Crippen LogP contribution in [-0.4, -0.2) is 37.6 Å². The molecule has 0 radical (unpaired) electrons. The van der Waals surface area contributed by atoms with E-state index in [9.17, 15) is 0 Å². The standard InChI is InChI=1S/C13H28N2/c1-5-6-7-10-14-11-8-9-12-15(4)13(2)3/h5,13-14H,1,6-12H2,2-4H3. The molecule has 2 heteroatoms. The van der Waals surface area contributed by atoms with Gasteiger partial charge in [0.05, 0.1) is 0 Å². The highest BCUT2D eigenvalue weighted by atomic mass is 15.1. The average molecular weight is 212 g/mol. The fraction of sp³-hybridized carbons (Fsp3) is 0.846. The Kier molecular flexibility index (Phi) is 9.96. The van der Waals surface area contributed by atoms with Gasteiger partial charge >= 0.3 is 0 Å². The van der Waals surface area contributed by atoms with Gasteiger partial charge in [-0.3, -0.25) is 0 Å². The molecule has 0 aromatic heterocycles. The molecule has 0 aromatic rings. The Morgan fingerprint density at radius 2 is 1.87 bits per heavy atom. The minimum Gasteiger partial charge on any atom is -0.317 e. The molecule has 0 saturated heterocycles. The van der Waals surface area contributed by atoms with Crippen LogP contribution in [0.25, 0.3) is 0 Å². The van der Waals surface area contributed by atoms with Crippen LogP contribution < -0.4 is 5.32 Å². The molecular weight excluding hydrogens is 184 g/mol. The predicted octanol–water partition coefficient (Wildman–Crippen LogP) is 2.66. The van der Waals surface area contributed by atoms with Crippen molar-refractivity contribution in [1.29, 1.82) is 0 Å². The molecule has 0 spiro atoms. The highest BCUT2D eigenvalue weighted by Crippen LogP contribution is 1.97. The lowest BCUT2D eigenvalue weighted by Gasteiger charge is -2.20. The second kappa shape index (κ2) is 10.2. The molecule has 0 amide bonds. The number of nitrogens with one attached hydrogen (secondary N) is 1. The topological polar surface area (TPSA) is 15.3 Å². The van der Waals surface area contributed by atoms with Crippen LogP contribution in [0.3, 0.4) is 0 Å². The summed E-state index contributed by atoms with van der Waals surface area (Å²) < 4.78 is 0. The molecule has 0 atom stereocenters. The van der Waals surface area contributed by atoms with Crippen molar-refractivity contribution in [3.63, 3.8) is 0 Å². The summed E-state index contributed by atoms with van der Waals surface area (Å²) in [5.74, 6) is 0. The van der Waals surface area contributed by atoms with E-state index in [1.165, 1.54) is 25.8 Å². The summed E-state index contributed by atoms with van der Waals surface area (Å²) in [5, 5.41) is 3.46. The van der Waals surface area contributed by atoms with Crippen LogP contribution in [0.2, 0.25) is 0 Å². The van der Waals surface area contributed by atoms with Gasteiger partial charge in [-0.25, -0.2) is 0 Å². The zero-order valence-electron chi connectivity index (χ0n) is 10.8. The molecule has 0 aliphatic heterocycles. The second-order valence-corrected chi connectivity index (χ2v) is 4.46. The summed E-state index contributed by atoms with van der Waals surface area (Å²) in [4.78, 5) is 2.40. The van der Waals surface area contributed by atoms with Crippen molar-refractivity contribution < 1.29 is 0 Å². The molecule has 15 heavy (non-hydrogen) atoms. The molecular formula is C13H28N2. The van der Waals surface area contributed by atoms with E-state index in [1.807, 2.05) is 6.08 Å². The SMILES string of the molecule is C=CCCCNCCCCN(C)C(C)C. The first-order chi connectivity index (χ1) is 7.18. The average Bonchev–Trinajstić information content (AvgIpc) is 2.21. The molecule has 0 aliphatic carbocycles. The van der Waals surface area contributed by atoms with Crippen LogP contribution in [0.15, 0.2) is 12.7 Å². The van der Waals surface area contributed by atoms with E-state index in [4.69, 9.17) is 0 Å². The Morgan fingerprint density at radius 3 is 2.47 bits per heavy atom. The van der Waals surface area contributed by atoms with Crippen molar-refractivity contribution in [3.8, 4) is 0 Å². The summed E-state index contributed by atoms with van der Waals surface area (Å²) in [6.45, 7) is 11.7. The van der Waals surface area contributed by atoms with Crippen molar-refractivity contribution in [2.45, 2.75) is 45.6 Å². The van der Waals surface area contributed by atoms with Crippen molar-refractivity contribution in [3.05, 3.63) is 12.7 Å². The number of allylic oxidation sites excluding steroid dienone is 1. The predicted molar refractivity (Wildman–Crippen MR) is 69.3 cm³/mol. The van der Waals surface area contributed by atoms with Gasteiger partial charge in [0.1, 0.15) is 0 Å². The van der Waals surface area contributed by atoms with Gasteiger partial charge in [0.25, 0.3) is 0 Å². The third-order valence-electron chi connectivity index (χ3n) is 2.76. The molecule has 2 nitrogen and oxygen atoms in total. The minimum atomic E-state index is 0.672. The fourth-order valence-electron chi connectivity index (χ4n) is 1.37. The van der Waals surface area contributed by atoms with Crippen LogP contribution in [0.1, 0.15) is 39.5 Å². The molecule has 90 valence electrons. The summed E-state index contributed by atoms with van der Waals surface area (Å²) in [6, 6.07) is 0.672. The van der Waals surface area contributed by atoms with Crippen molar-refractivity contribution in [2.24, 2.45) is 0 Å². The highest BCUT2D eigenvalue weighted by molar-refractivity contribution is 4.66. The van der Waals surface area contributed by atoms with Gasteiger partial charge in [0.2, 0.25) is 0 Å². The third kappa shape index (κ3) is 9.95. The van der Waals surface area contributed by atoms with Gasteiger partial charge in [-0.1, -0.05) is 6.08 Å². The van der Waals surface area contributed by atoms with Crippen LogP contribution in [-0.2, 0) is 0 Å². The Labute approximate surface area is 95.7 Å². The largest absolute Gasteiger partial charge is 0.317 e. The van der Waals surface area contributed by atoms with E-state index in [1.54, 1.807) is 0 Å². The Bertz CT molecular complexity index is 143.